The second kappa shape index (κ2) is 8.07. The standard InChI is InChI=1S/C19H20N2O3S/c1-23-16-10-6-9-15(17(16)24-2)18(22)21-12-11-20-19(21)25-13-14-7-4-3-5-8-14/h3-10H,11-13H2,1-2H3. The first-order valence-corrected chi connectivity index (χ1v) is 8.97. The van der Waals surface area contributed by atoms with E-state index >= 15 is 0 Å². The predicted octanol–water partition coefficient (Wildman–Crippen LogP) is 3.45. The maximum Gasteiger partial charge on any atom is 0.263 e. The fourth-order valence-electron chi connectivity index (χ4n) is 2.66. The van der Waals surface area contributed by atoms with E-state index in [9.17, 15) is 4.79 Å². The fraction of sp³-hybridized carbons (Fsp3) is 0.263. The van der Waals surface area contributed by atoms with Crippen LogP contribution in [-0.4, -0.2) is 43.3 Å². The number of thioether (sulfide) groups is 1. The Kier molecular flexibility index (Phi) is 5.60. The first-order chi connectivity index (χ1) is 12.2. The number of amides is 1. The molecular formula is C19H20N2O3S. The Morgan fingerprint density at radius 3 is 2.64 bits per heavy atom. The largest absolute Gasteiger partial charge is 0.493 e. The van der Waals surface area contributed by atoms with Gasteiger partial charge in [-0.05, 0) is 17.7 Å². The quantitative estimate of drug-likeness (QED) is 0.823. The molecule has 0 aromatic heterocycles. The molecule has 0 atom stereocenters. The molecule has 6 heteroatoms. The van der Waals surface area contributed by atoms with Crippen molar-refractivity contribution in [3.8, 4) is 11.5 Å². The molecule has 2 aromatic rings. The molecule has 1 aliphatic heterocycles. The summed E-state index contributed by atoms with van der Waals surface area (Å²) in [6, 6.07) is 15.5. The van der Waals surface area contributed by atoms with Crippen LogP contribution < -0.4 is 9.47 Å². The van der Waals surface area contributed by atoms with Crippen LogP contribution in [0.3, 0.4) is 0 Å². The van der Waals surface area contributed by atoms with Crippen LogP contribution in [0.1, 0.15) is 15.9 Å². The lowest BCUT2D eigenvalue weighted by atomic mass is 10.1. The Morgan fingerprint density at radius 1 is 1.12 bits per heavy atom. The van der Waals surface area contributed by atoms with E-state index in [-0.39, 0.29) is 5.91 Å². The van der Waals surface area contributed by atoms with Crippen molar-refractivity contribution in [2.24, 2.45) is 4.99 Å². The van der Waals surface area contributed by atoms with Gasteiger partial charge in [0.2, 0.25) is 0 Å². The molecule has 1 heterocycles. The molecule has 0 fully saturated rings. The smallest absolute Gasteiger partial charge is 0.263 e. The highest BCUT2D eigenvalue weighted by molar-refractivity contribution is 8.13. The van der Waals surface area contributed by atoms with Crippen LogP contribution in [0.15, 0.2) is 53.5 Å². The van der Waals surface area contributed by atoms with Gasteiger partial charge in [0.1, 0.15) is 0 Å². The van der Waals surface area contributed by atoms with Crippen LogP contribution in [0, 0.1) is 0 Å². The number of benzene rings is 2. The van der Waals surface area contributed by atoms with Crippen molar-refractivity contribution >= 4 is 22.8 Å². The number of para-hydroxylation sites is 1. The molecular weight excluding hydrogens is 336 g/mol. The number of amidine groups is 1. The number of carbonyl (C=O) groups is 1. The number of ether oxygens (including phenoxy) is 2. The average Bonchev–Trinajstić information content (AvgIpc) is 3.14. The zero-order valence-corrected chi connectivity index (χ0v) is 15.1. The summed E-state index contributed by atoms with van der Waals surface area (Å²) in [5, 5.41) is 0.749. The minimum absolute atomic E-state index is 0.118. The molecule has 2 aromatic carbocycles. The minimum atomic E-state index is -0.118. The van der Waals surface area contributed by atoms with E-state index in [1.807, 2.05) is 18.2 Å². The normalized spacial score (nSPS) is 13.5. The van der Waals surface area contributed by atoms with Gasteiger partial charge in [-0.1, -0.05) is 48.2 Å². The van der Waals surface area contributed by atoms with Gasteiger partial charge in [-0.3, -0.25) is 14.7 Å². The third-order valence-electron chi connectivity index (χ3n) is 3.89. The van der Waals surface area contributed by atoms with Gasteiger partial charge in [0.25, 0.3) is 5.91 Å². The Labute approximate surface area is 151 Å². The molecule has 5 nitrogen and oxygen atoms in total. The maximum atomic E-state index is 13.0. The van der Waals surface area contributed by atoms with Crippen molar-refractivity contribution in [2.75, 3.05) is 27.3 Å². The maximum absolute atomic E-state index is 13.0. The van der Waals surface area contributed by atoms with Gasteiger partial charge in [-0.2, -0.15) is 0 Å². The lowest BCUT2D eigenvalue weighted by molar-refractivity contribution is 0.0856. The first kappa shape index (κ1) is 17.4. The summed E-state index contributed by atoms with van der Waals surface area (Å²) in [4.78, 5) is 19.2. The third-order valence-corrected chi connectivity index (χ3v) is 4.98. The second-order valence-corrected chi connectivity index (χ2v) is 6.38. The number of carbonyl (C=O) groups excluding carboxylic acids is 1. The number of aliphatic imine (C=N–C) groups is 1. The highest BCUT2D eigenvalue weighted by atomic mass is 32.2. The summed E-state index contributed by atoms with van der Waals surface area (Å²) in [7, 11) is 3.10. The Balaban J connectivity index is 1.77. The van der Waals surface area contributed by atoms with Crippen molar-refractivity contribution in [2.45, 2.75) is 5.75 Å². The van der Waals surface area contributed by atoms with Crippen LogP contribution in [0.5, 0.6) is 11.5 Å². The third kappa shape index (κ3) is 3.79. The monoisotopic (exact) mass is 356 g/mol. The van der Waals surface area contributed by atoms with Gasteiger partial charge in [0.15, 0.2) is 16.7 Å². The van der Waals surface area contributed by atoms with Crippen LogP contribution in [0.2, 0.25) is 0 Å². The summed E-state index contributed by atoms with van der Waals surface area (Å²) in [5.41, 5.74) is 1.69. The molecule has 0 saturated carbocycles. The van der Waals surface area contributed by atoms with Crippen molar-refractivity contribution in [1.82, 2.24) is 4.90 Å². The van der Waals surface area contributed by atoms with E-state index in [0.717, 1.165) is 10.9 Å². The van der Waals surface area contributed by atoms with Crippen molar-refractivity contribution in [3.05, 3.63) is 59.7 Å². The summed E-state index contributed by atoms with van der Waals surface area (Å²) in [6.07, 6.45) is 0. The molecule has 130 valence electrons. The minimum Gasteiger partial charge on any atom is -0.493 e. The lowest BCUT2D eigenvalue weighted by Gasteiger charge is -2.20. The average molecular weight is 356 g/mol. The lowest BCUT2D eigenvalue weighted by Crippen LogP contribution is -2.33. The second-order valence-electron chi connectivity index (χ2n) is 5.44. The van der Waals surface area contributed by atoms with Gasteiger partial charge in [-0.15, -0.1) is 0 Å². The van der Waals surface area contributed by atoms with Crippen molar-refractivity contribution in [3.63, 3.8) is 0 Å². The van der Waals surface area contributed by atoms with E-state index in [1.54, 1.807) is 42.0 Å². The number of nitrogens with zero attached hydrogens (tertiary/aromatic N) is 2. The van der Waals surface area contributed by atoms with Crippen molar-refractivity contribution in [1.29, 1.82) is 0 Å². The van der Waals surface area contributed by atoms with Crippen LogP contribution in [0.4, 0.5) is 0 Å². The predicted molar refractivity (Wildman–Crippen MR) is 101 cm³/mol. The molecule has 0 aliphatic carbocycles. The molecule has 0 spiro atoms. The zero-order chi connectivity index (χ0) is 17.6. The summed E-state index contributed by atoms with van der Waals surface area (Å²) >= 11 is 1.57. The van der Waals surface area contributed by atoms with Gasteiger partial charge in [0.05, 0.1) is 26.3 Å². The van der Waals surface area contributed by atoms with Crippen molar-refractivity contribution < 1.29 is 14.3 Å². The number of methoxy groups -OCH3 is 2. The fourth-order valence-corrected chi connectivity index (χ4v) is 3.66. The van der Waals surface area contributed by atoms with E-state index in [2.05, 4.69) is 17.1 Å². The Morgan fingerprint density at radius 2 is 1.92 bits per heavy atom. The van der Waals surface area contributed by atoms with E-state index in [4.69, 9.17) is 9.47 Å². The molecule has 0 bridgehead atoms. The molecule has 25 heavy (non-hydrogen) atoms. The highest BCUT2D eigenvalue weighted by Gasteiger charge is 2.28. The summed E-state index contributed by atoms with van der Waals surface area (Å²) in [5.74, 6) is 1.66. The van der Waals surface area contributed by atoms with Gasteiger partial charge >= 0.3 is 0 Å². The molecule has 0 unspecified atom stereocenters. The zero-order valence-electron chi connectivity index (χ0n) is 14.3. The molecule has 0 radical (unpaired) electrons. The SMILES string of the molecule is COc1cccc(C(=O)N2CCN=C2SCc2ccccc2)c1OC. The first-order valence-electron chi connectivity index (χ1n) is 7.98. The topological polar surface area (TPSA) is 51.1 Å². The highest BCUT2D eigenvalue weighted by Crippen LogP contribution is 2.32. The number of hydrogen-bond acceptors (Lipinski definition) is 5. The molecule has 0 saturated heterocycles. The molecule has 1 aliphatic rings. The molecule has 1 amide bonds. The van der Waals surface area contributed by atoms with E-state index in [1.165, 1.54) is 12.7 Å². The van der Waals surface area contributed by atoms with Gasteiger partial charge in [0, 0.05) is 12.3 Å². The van der Waals surface area contributed by atoms with Crippen LogP contribution in [0.25, 0.3) is 0 Å². The van der Waals surface area contributed by atoms with E-state index in [0.29, 0.717) is 30.2 Å². The molecule has 3 rings (SSSR count). The van der Waals surface area contributed by atoms with Gasteiger partial charge in [-0.25, -0.2) is 0 Å². The van der Waals surface area contributed by atoms with E-state index < -0.39 is 0 Å². The number of rotatable bonds is 5. The Bertz CT molecular complexity index is 777. The van der Waals surface area contributed by atoms with Crippen LogP contribution >= 0.6 is 11.8 Å². The Hall–Kier alpha value is -2.47. The molecule has 0 N–H and O–H groups in total. The van der Waals surface area contributed by atoms with Crippen LogP contribution in [-0.2, 0) is 5.75 Å². The van der Waals surface area contributed by atoms with Gasteiger partial charge < -0.3 is 9.47 Å². The summed E-state index contributed by atoms with van der Waals surface area (Å²) in [6.45, 7) is 1.20. The summed E-state index contributed by atoms with van der Waals surface area (Å²) < 4.78 is 10.7. The number of hydrogen-bond donors (Lipinski definition) is 0.